The highest BCUT2D eigenvalue weighted by atomic mass is 16.2. The van der Waals surface area contributed by atoms with Gasteiger partial charge in [-0.05, 0) is 37.8 Å². The van der Waals surface area contributed by atoms with Crippen LogP contribution in [0.25, 0.3) is 0 Å². The lowest BCUT2D eigenvalue weighted by Gasteiger charge is -2.35. The van der Waals surface area contributed by atoms with Gasteiger partial charge in [-0.2, -0.15) is 0 Å². The summed E-state index contributed by atoms with van der Waals surface area (Å²) >= 11 is 0. The predicted octanol–water partition coefficient (Wildman–Crippen LogP) is 2.47. The lowest BCUT2D eigenvalue weighted by atomic mass is 9.95. The number of likely N-dealkylation sites (tertiary alicyclic amines) is 1. The van der Waals surface area contributed by atoms with Crippen molar-refractivity contribution in [3.63, 3.8) is 0 Å². The Labute approximate surface area is 167 Å². The van der Waals surface area contributed by atoms with Gasteiger partial charge in [-0.1, -0.05) is 30.3 Å². The first-order valence-electron chi connectivity index (χ1n) is 10.4. The van der Waals surface area contributed by atoms with Gasteiger partial charge in [-0.3, -0.25) is 14.7 Å². The Morgan fingerprint density at radius 1 is 1.07 bits per heavy atom. The highest BCUT2D eigenvalue weighted by molar-refractivity contribution is 5.79. The van der Waals surface area contributed by atoms with Gasteiger partial charge in [-0.15, -0.1) is 0 Å². The number of anilines is 1. The molecule has 1 amide bonds. The molecular formula is C22H29N5O. The number of aromatic nitrogens is 2. The summed E-state index contributed by atoms with van der Waals surface area (Å²) in [5, 5.41) is 3.33. The molecule has 4 rings (SSSR count). The number of rotatable bonds is 5. The van der Waals surface area contributed by atoms with E-state index in [0.29, 0.717) is 0 Å². The monoisotopic (exact) mass is 379 g/mol. The van der Waals surface area contributed by atoms with Crippen LogP contribution in [0.3, 0.4) is 0 Å². The highest BCUT2D eigenvalue weighted by Gasteiger charge is 2.28. The summed E-state index contributed by atoms with van der Waals surface area (Å²) in [5.74, 6) is 1.24. The van der Waals surface area contributed by atoms with Gasteiger partial charge in [0.25, 0.3) is 0 Å². The van der Waals surface area contributed by atoms with Crippen molar-refractivity contribution in [1.82, 2.24) is 20.2 Å². The summed E-state index contributed by atoms with van der Waals surface area (Å²) in [6, 6.07) is 10.8. The van der Waals surface area contributed by atoms with Crippen LogP contribution >= 0.6 is 0 Å². The third kappa shape index (κ3) is 4.87. The van der Waals surface area contributed by atoms with Crippen LogP contribution in [0.2, 0.25) is 0 Å². The molecule has 0 aliphatic carbocycles. The zero-order valence-corrected chi connectivity index (χ0v) is 16.3. The van der Waals surface area contributed by atoms with Crippen LogP contribution in [0.5, 0.6) is 0 Å². The molecule has 1 N–H and O–H groups in total. The molecule has 148 valence electrons. The quantitative estimate of drug-likeness (QED) is 0.865. The number of carbonyl (C=O) groups excluding carboxylic acids is 1. The second-order valence-electron chi connectivity index (χ2n) is 7.89. The van der Waals surface area contributed by atoms with Gasteiger partial charge in [-0.25, -0.2) is 4.98 Å². The molecule has 2 aliphatic rings. The molecule has 2 aromatic rings. The summed E-state index contributed by atoms with van der Waals surface area (Å²) in [4.78, 5) is 26.0. The maximum atomic E-state index is 12.8. The Bertz CT molecular complexity index is 746. The molecule has 6 heteroatoms. The molecule has 2 aliphatic heterocycles. The summed E-state index contributed by atoms with van der Waals surface area (Å²) in [7, 11) is 0. The zero-order valence-electron chi connectivity index (χ0n) is 16.3. The molecule has 2 fully saturated rings. The molecule has 28 heavy (non-hydrogen) atoms. The van der Waals surface area contributed by atoms with Gasteiger partial charge in [0.2, 0.25) is 5.91 Å². The molecule has 1 aromatic carbocycles. The number of carbonyl (C=O) groups is 1. The van der Waals surface area contributed by atoms with Crippen LogP contribution in [0.15, 0.2) is 48.9 Å². The fraction of sp³-hybridized carbons (Fsp3) is 0.500. The van der Waals surface area contributed by atoms with E-state index >= 15 is 0 Å². The van der Waals surface area contributed by atoms with Crippen LogP contribution in [-0.4, -0.2) is 53.0 Å². The van der Waals surface area contributed by atoms with E-state index in [1.165, 1.54) is 5.56 Å². The number of piperidine rings is 2. The van der Waals surface area contributed by atoms with Gasteiger partial charge >= 0.3 is 0 Å². The van der Waals surface area contributed by atoms with E-state index in [1.54, 1.807) is 18.6 Å². The van der Waals surface area contributed by atoms with Gasteiger partial charge in [0, 0.05) is 50.5 Å². The molecule has 1 aromatic heterocycles. The van der Waals surface area contributed by atoms with Gasteiger partial charge in [0.05, 0.1) is 6.20 Å². The van der Waals surface area contributed by atoms with Crippen LogP contribution in [0.4, 0.5) is 5.82 Å². The van der Waals surface area contributed by atoms with Gasteiger partial charge in [0.15, 0.2) is 0 Å². The number of nitrogens with zero attached hydrogens (tertiary/aromatic N) is 4. The van der Waals surface area contributed by atoms with Crippen LogP contribution in [0.1, 0.15) is 31.2 Å². The van der Waals surface area contributed by atoms with Crippen molar-refractivity contribution in [2.24, 2.45) is 5.92 Å². The van der Waals surface area contributed by atoms with Crippen molar-refractivity contribution in [1.29, 1.82) is 0 Å². The lowest BCUT2D eigenvalue weighted by molar-refractivity contribution is -0.126. The maximum Gasteiger partial charge on any atom is 0.223 e. The third-order valence-electron chi connectivity index (χ3n) is 5.84. The number of hydrogen-bond donors (Lipinski definition) is 1. The summed E-state index contributed by atoms with van der Waals surface area (Å²) in [6.45, 7) is 4.74. The molecule has 2 saturated heterocycles. The zero-order chi connectivity index (χ0) is 19.2. The van der Waals surface area contributed by atoms with E-state index in [4.69, 9.17) is 0 Å². The first-order valence-corrected chi connectivity index (χ1v) is 10.4. The smallest absolute Gasteiger partial charge is 0.223 e. The molecule has 0 saturated carbocycles. The Kier molecular flexibility index (Phi) is 6.17. The van der Waals surface area contributed by atoms with Crippen molar-refractivity contribution >= 4 is 11.7 Å². The van der Waals surface area contributed by atoms with Crippen molar-refractivity contribution in [3.05, 3.63) is 54.5 Å². The summed E-state index contributed by atoms with van der Waals surface area (Å²) in [6.07, 6.45) is 9.18. The maximum absolute atomic E-state index is 12.8. The molecule has 1 unspecified atom stereocenters. The normalized spacial score (nSPS) is 21.4. The number of nitrogens with one attached hydrogen (secondary N) is 1. The van der Waals surface area contributed by atoms with E-state index in [0.717, 1.165) is 64.2 Å². The minimum absolute atomic E-state index is 0.109. The van der Waals surface area contributed by atoms with Gasteiger partial charge in [0.1, 0.15) is 5.82 Å². The summed E-state index contributed by atoms with van der Waals surface area (Å²) < 4.78 is 0. The Morgan fingerprint density at radius 2 is 1.89 bits per heavy atom. The predicted molar refractivity (Wildman–Crippen MR) is 110 cm³/mol. The summed E-state index contributed by atoms with van der Waals surface area (Å²) in [5.41, 5.74) is 1.34. The van der Waals surface area contributed by atoms with Crippen LogP contribution in [0, 0.1) is 5.92 Å². The number of amides is 1. The fourth-order valence-electron chi connectivity index (χ4n) is 4.30. The second-order valence-corrected chi connectivity index (χ2v) is 7.89. The second kappa shape index (κ2) is 9.15. The Hall–Kier alpha value is -2.47. The largest absolute Gasteiger partial charge is 0.355 e. The van der Waals surface area contributed by atoms with E-state index in [1.807, 2.05) is 0 Å². The minimum atomic E-state index is 0.109. The molecule has 6 nitrogen and oxygen atoms in total. The minimum Gasteiger partial charge on any atom is -0.355 e. The average molecular weight is 380 g/mol. The first kappa shape index (κ1) is 18.9. The Morgan fingerprint density at radius 3 is 2.64 bits per heavy atom. The highest BCUT2D eigenvalue weighted by Crippen LogP contribution is 2.22. The number of benzene rings is 1. The van der Waals surface area contributed by atoms with Crippen molar-refractivity contribution in [2.75, 3.05) is 31.1 Å². The molecule has 0 radical (unpaired) electrons. The SMILES string of the molecule is O=C(NC1CCCN(Cc2ccccc2)C1)C1CCN(c2cnccn2)CC1. The Balaban J connectivity index is 1.24. The van der Waals surface area contributed by atoms with Crippen LogP contribution in [-0.2, 0) is 11.3 Å². The van der Waals surface area contributed by atoms with Crippen LogP contribution < -0.4 is 10.2 Å². The lowest BCUT2D eigenvalue weighted by Crippen LogP contribution is -2.50. The van der Waals surface area contributed by atoms with Crippen molar-refractivity contribution in [3.8, 4) is 0 Å². The van der Waals surface area contributed by atoms with E-state index < -0.39 is 0 Å². The standard InChI is InChI=1S/C22H29N5O/c28-22(19-8-13-27(14-9-19)21-15-23-10-11-24-21)25-20-7-4-12-26(17-20)16-18-5-2-1-3-6-18/h1-3,5-6,10-11,15,19-20H,4,7-9,12-14,16-17H2,(H,25,28). The van der Waals surface area contributed by atoms with E-state index in [-0.39, 0.29) is 17.9 Å². The topological polar surface area (TPSA) is 61.4 Å². The molecular weight excluding hydrogens is 350 g/mol. The number of hydrogen-bond acceptors (Lipinski definition) is 5. The third-order valence-corrected chi connectivity index (χ3v) is 5.84. The first-order chi connectivity index (χ1) is 13.8. The molecule has 0 bridgehead atoms. The van der Waals surface area contributed by atoms with E-state index in [2.05, 4.69) is 55.4 Å². The molecule has 0 spiro atoms. The van der Waals surface area contributed by atoms with Crippen molar-refractivity contribution in [2.45, 2.75) is 38.3 Å². The van der Waals surface area contributed by atoms with Gasteiger partial charge < -0.3 is 10.2 Å². The molecule has 1 atom stereocenters. The molecule has 3 heterocycles. The average Bonchev–Trinajstić information content (AvgIpc) is 2.75. The fourth-order valence-corrected chi connectivity index (χ4v) is 4.30. The van der Waals surface area contributed by atoms with E-state index in [9.17, 15) is 4.79 Å². The van der Waals surface area contributed by atoms with Crippen molar-refractivity contribution < 1.29 is 4.79 Å².